The van der Waals surface area contributed by atoms with Crippen molar-refractivity contribution >= 4 is 29.2 Å². The van der Waals surface area contributed by atoms with Gasteiger partial charge in [0.1, 0.15) is 6.61 Å². The number of hydrogen-bond donors (Lipinski definition) is 2. The van der Waals surface area contributed by atoms with E-state index in [0.29, 0.717) is 12.1 Å². The fourth-order valence-corrected chi connectivity index (χ4v) is 2.32. The van der Waals surface area contributed by atoms with Gasteiger partial charge in [-0.25, -0.2) is 4.79 Å². The van der Waals surface area contributed by atoms with E-state index < -0.39 is 12.1 Å². The molecule has 5 nitrogen and oxygen atoms in total. The van der Waals surface area contributed by atoms with Crippen molar-refractivity contribution < 1.29 is 14.3 Å². The van der Waals surface area contributed by atoms with E-state index in [-0.39, 0.29) is 18.3 Å². The van der Waals surface area contributed by atoms with Crippen LogP contribution < -0.4 is 11.1 Å². The summed E-state index contributed by atoms with van der Waals surface area (Å²) < 4.78 is 5.14. The summed E-state index contributed by atoms with van der Waals surface area (Å²) in [6.07, 6.45) is -0.329. The Morgan fingerprint density at radius 3 is 2.33 bits per heavy atom. The Balaban J connectivity index is 1.93. The Kier molecular flexibility index (Phi) is 6.63. The zero-order chi connectivity index (χ0) is 17.4. The third-order valence-corrected chi connectivity index (χ3v) is 3.71. The van der Waals surface area contributed by atoms with Gasteiger partial charge in [-0.05, 0) is 29.7 Å². The maximum Gasteiger partial charge on any atom is 0.408 e. The van der Waals surface area contributed by atoms with Crippen LogP contribution in [-0.4, -0.2) is 23.8 Å². The molecule has 0 aliphatic rings. The molecule has 2 rings (SSSR count). The standard InChI is InChI=1S/C18H19ClN2O3/c19-11-17(22)16(10-13-6-8-15(20)9-7-13)21-18(23)24-12-14-4-2-1-3-5-14/h1-9,16H,10-12,20H2,(H,21,23). The Morgan fingerprint density at radius 2 is 1.71 bits per heavy atom. The minimum atomic E-state index is -0.741. The molecule has 0 bridgehead atoms. The number of halogens is 1. The zero-order valence-corrected chi connectivity index (χ0v) is 13.8. The predicted molar refractivity (Wildman–Crippen MR) is 93.8 cm³/mol. The van der Waals surface area contributed by atoms with Crippen LogP contribution >= 0.6 is 11.6 Å². The van der Waals surface area contributed by atoms with Crippen LogP contribution in [0.15, 0.2) is 54.6 Å². The Labute approximate surface area is 145 Å². The molecule has 0 saturated heterocycles. The molecule has 3 N–H and O–H groups in total. The van der Waals surface area contributed by atoms with Crippen molar-refractivity contribution in [3.8, 4) is 0 Å². The van der Waals surface area contributed by atoms with Crippen molar-refractivity contribution in [3.05, 3.63) is 65.7 Å². The summed E-state index contributed by atoms with van der Waals surface area (Å²) >= 11 is 5.63. The van der Waals surface area contributed by atoms with Crippen molar-refractivity contribution in [3.63, 3.8) is 0 Å². The van der Waals surface area contributed by atoms with Crippen LogP contribution in [0, 0.1) is 0 Å². The molecule has 2 aromatic rings. The van der Waals surface area contributed by atoms with E-state index in [2.05, 4.69) is 5.32 Å². The summed E-state index contributed by atoms with van der Waals surface area (Å²) in [6.45, 7) is 0.135. The molecule has 0 aliphatic heterocycles. The lowest BCUT2D eigenvalue weighted by Gasteiger charge is -2.17. The van der Waals surface area contributed by atoms with Crippen molar-refractivity contribution in [1.82, 2.24) is 5.32 Å². The van der Waals surface area contributed by atoms with Crippen LogP contribution in [0.4, 0.5) is 10.5 Å². The number of hydrogen-bond acceptors (Lipinski definition) is 4. The number of carbonyl (C=O) groups excluding carboxylic acids is 2. The first-order chi connectivity index (χ1) is 11.6. The molecular formula is C18H19ClN2O3. The first kappa shape index (κ1) is 17.8. The number of carbonyl (C=O) groups is 2. The average Bonchev–Trinajstić information content (AvgIpc) is 2.61. The smallest absolute Gasteiger partial charge is 0.408 e. The third kappa shape index (κ3) is 5.59. The number of alkyl carbamates (subject to hydrolysis) is 1. The Hall–Kier alpha value is -2.53. The monoisotopic (exact) mass is 346 g/mol. The Morgan fingerprint density at radius 1 is 1.04 bits per heavy atom. The Bertz CT molecular complexity index is 674. The predicted octanol–water partition coefficient (Wildman–Crippen LogP) is 2.91. The van der Waals surface area contributed by atoms with Gasteiger partial charge in [-0.3, -0.25) is 4.79 Å². The molecule has 1 unspecified atom stereocenters. The summed E-state index contributed by atoms with van der Waals surface area (Å²) in [5.74, 6) is -0.455. The highest BCUT2D eigenvalue weighted by Crippen LogP contribution is 2.09. The van der Waals surface area contributed by atoms with Gasteiger partial charge >= 0.3 is 6.09 Å². The lowest BCUT2D eigenvalue weighted by atomic mass is 10.0. The zero-order valence-electron chi connectivity index (χ0n) is 13.1. The lowest BCUT2D eigenvalue weighted by Crippen LogP contribution is -2.43. The van der Waals surface area contributed by atoms with Crippen LogP contribution in [0.5, 0.6) is 0 Å². The number of nitrogen functional groups attached to an aromatic ring is 1. The number of Topliss-reactive ketones (excluding diaryl/α,β-unsaturated/α-hetero) is 1. The van der Waals surface area contributed by atoms with E-state index >= 15 is 0 Å². The van der Waals surface area contributed by atoms with Crippen LogP contribution in [0.3, 0.4) is 0 Å². The van der Waals surface area contributed by atoms with Crippen molar-refractivity contribution in [2.75, 3.05) is 11.6 Å². The van der Waals surface area contributed by atoms with Crippen LogP contribution in [0.2, 0.25) is 0 Å². The van der Waals surface area contributed by atoms with Gasteiger partial charge in [0.2, 0.25) is 0 Å². The topological polar surface area (TPSA) is 81.4 Å². The largest absolute Gasteiger partial charge is 0.445 e. The molecular weight excluding hydrogens is 328 g/mol. The van der Waals surface area contributed by atoms with Crippen LogP contribution in [0.1, 0.15) is 11.1 Å². The van der Waals surface area contributed by atoms with Gasteiger partial charge in [0.25, 0.3) is 0 Å². The molecule has 2 aromatic carbocycles. The molecule has 0 radical (unpaired) electrons. The highest BCUT2D eigenvalue weighted by Gasteiger charge is 2.21. The number of nitrogens with one attached hydrogen (secondary N) is 1. The lowest BCUT2D eigenvalue weighted by molar-refractivity contribution is -0.118. The second-order valence-corrected chi connectivity index (χ2v) is 5.57. The summed E-state index contributed by atoms with van der Waals surface area (Å²) in [5.41, 5.74) is 8.01. The van der Waals surface area contributed by atoms with Gasteiger partial charge in [0, 0.05) is 5.69 Å². The maximum absolute atomic E-state index is 12.0. The van der Waals surface area contributed by atoms with E-state index in [1.807, 2.05) is 30.3 Å². The van der Waals surface area contributed by atoms with Gasteiger partial charge in [-0.1, -0.05) is 42.5 Å². The number of rotatable bonds is 7. The summed E-state index contributed by atoms with van der Waals surface area (Å²) in [4.78, 5) is 23.9. The molecule has 1 atom stereocenters. The molecule has 0 heterocycles. The normalized spacial score (nSPS) is 11.5. The SMILES string of the molecule is Nc1ccc(CC(NC(=O)OCc2ccccc2)C(=O)CCl)cc1. The maximum atomic E-state index is 12.0. The fraction of sp³-hybridized carbons (Fsp3) is 0.222. The van der Waals surface area contributed by atoms with E-state index in [9.17, 15) is 9.59 Å². The van der Waals surface area contributed by atoms with E-state index in [0.717, 1.165) is 11.1 Å². The summed E-state index contributed by atoms with van der Waals surface area (Å²) in [7, 11) is 0. The number of ether oxygens (including phenoxy) is 1. The summed E-state index contributed by atoms with van der Waals surface area (Å²) in [5, 5.41) is 2.57. The van der Waals surface area contributed by atoms with E-state index in [4.69, 9.17) is 22.1 Å². The minimum Gasteiger partial charge on any atom is -0.445 e. The first-order valence-electron chi connectivity index (χ1n) is 7.49. The van der Waals surface area contributed by atoms with E-state index in [1.54, 1.807) is 24.3 Å². The summed E-state index contributed by atoms with van der Waals surface area (Å²) in [6, 6.07) is 15.7. The second-order valence-electron chi connectivity index (χ2n) is 5.30. The number of nitrogens with two attached hydrogens (primary N) is 1. The molecule has 0 aliphatic carbocycles. The quantitative estimate of drug-likeness (QED) is 0.596. The number of benzene rings is 2. The van der Waals surface area contributed by atoms with E-state index in [1.165, 1.54) is 0 Å². The molecule has 0 fully saturated rings. The van der Waals surface area contributed by atoms with Gasteiger partial charge in [-0.15, -0.1) is 11.6 Å². The second kappa shape index (κ2) is 8.93. The van der Waals surface area contributed by atoms with Crippen LogP contribution in [0.25, 0.3) is 0 Å². The molecule has 24 heavy (non-hydrogen) atoms. The number of anilines is 1. The minimum absolute atomic E-state index is 0.135. The van der Waals surface area contributed by atoms with Crippen molar-refractivity contribution in [2.45, 2.75) is 19.1 Å². The highest BCUT2D eigenvalue weighted by molar-refractivity contribution is 6.28. The molecule has 126 valence electrons. The first-order valence-corrected chi connectivity index (χ1v) is 8.02. The molecule has 0 spiro atoms. The highest BCUT2D eigenvalue weighted by atomic mass is 35.5. The molecule has 6 heteroatoms. The van der Waals surface area contributed by atoms with Crippen LogP contribution in [-0.2, 0) is 22.6 Å². The number of amides is 1. The van der Waals surface area contributed by atoms with Crippen molar-refractivity contribution in [1.29, 1.82) is 0 Å². The van der Waals surface area contributed by atoms with Gasteiger partial charge in [-0.2, -0.15) is 0 Å². The fourth-order valence-electron chi connectivity index (χ4n) is 2.13. The van der Waals surface area contributed by atoms with Gasteiger partial charge < -0.3 is 15.8 Å². The van der Waals surface area contributed by atoms with Crippen molar-refractivity contribution in [2.24, 2.45) is 0 Å². The molecule has 0 aromatic heterocycles. The average molecular weight is 347 g/mol. The molecule has 0 saturated carbocycles. The van der Waals surface area contributed by atoms with Gasteiger partial charge in [0.15, 0.2) is 5.78 Å². The number of ketones is 1. The van der Waals surface area contributed by atoms with Gasteiger partial charge in [0.05, 0.1) is 11.9 Å². The number of alkyl halides is 1. The third-order valence-electron chi connectivity index (χ3n) is 3.44. The molecule has 1 amide bonds.